The van der Waals surface area contributed by atoms with E-state index in [0.717, 1.165) is 11.0 Å². The number of benzene rings is 1. The standard InChI is InChI=1S/C17H27BN2O4S/c1-12-8-13(18-23-16(2,3)17(4,5)24-18)10-15(9-12)25(21,22)20-7-6-14(19)11-20/h8-10,14H,6-7,11,19H2,1-5H3. The zero-order chi connectivity index (χ0) is 18.6. The van der Waals surface area contributed by atoms with Crippen LogP contribution >= 0.6 is 0 Å². The monoisotopic (exact) mass is 366 g/mol. The normalized spacial score (nSPS) is 26.3. The van der Waals surface area contributed by atoms with Gasteiger partial charge >= 0.3 is 7.12 Å². The predicted molar refractivity (Wildman–Crippen MR) is 98.2 cm³/mol. The Kier molecular flexibility index (Phi) is 4.57. The summed E-state index contributed by atoms with van der Waals surface area (Å²) in [7, 11) is -4.15. The maximum absolute atomic E-state index is 12.9. The average molecular weight is 366 g/mol. The first-order valence-electron chi connectivity index (χ1n) is 8.65. The molecule has 0 aliphatic carbocycles. The van der Waals surface area contributed by atoms with Crippen LogP contribution in [0.15, 0.2) is 23.1 Å². The average Bonchev–Trinajstić information content (AvgIpc) is 3.00. The molecule has 25 heavy (non-hydrogen) atoms. The van der Waals surface area contributed by atoms with Crippen LogP contribution in [0.3, 0.4) is 0 Å². The van der Waals surface area contributed by atoms with E-state index in [0.29, 0.717) is 19.5 Å². The van der Waals surface area contributed by atoms with E-state index in [1.807, 2.05) is 40.7 Å². The summed E-state index contributed by atoms with van der Waals surface area (Å²) in [5, 5.41) is 0. The van der Waals surface area contributed by atoms with Crippen molar-refractivity contribution in [2.75, 3.05) is 13.1 Å². The zero-order valence-electron chi connectivity index (χ0n) is 15.6. The van der Waals surface area contributed by atoms with Gasteiger partial charge in [0.15, 0.2) is 0 Å². The van der Waals surface area contributed by atoms with Crippen molar-refractivity contribution in [2.45, 2.75) is 63.2 Å². The highest BCUT2D eigenvalue weighted by molar-refractivity contribution is 7.89. The maximum atomic E-state index is 12.9. The molecular weight excluding hydrogens is 339 g/mol. The van der Waals surface area contributed by atoms with E-state index < -0.39 is 28.3 Å². The lowest BCUT2D eigenvalue weighted by molar-refractivity contribution is 0.00578. The molecule has 1 aromatic rings. The molecule has 1 atom stereocenters. The Morgan fingerprint density at radius 2 is 1.76 bits per heavy atom. The molecule has 0 aromatic heterocycles. The molecule has 1 aromatic carbocycles. The summed E-state index contributed by atoms with van der Waals surface area (Å²) in [6, 6.07) is 5.17. The summed E-state index contributed by atoms with van der Waals surface area (Å²) in [6.45, 7) is 10.6. The fraction of sp³-hybridized carbons (Fsp3) is 0.647. The number of sulfonamides is 1. The molecule has 2 N–H and O–H groups in total. The Morgan fingerprint density at radius 1 is 1.16 bits per heavy atom. The second-order valence-electron chi connectivity index (χ2n) is 8.08. The lowest BCUT2D eigenvalue weighted by Crippen LogP contribution is -2.41. The number of nitrogens with zero attached hydrogens (tertiary/aromatic N) is 1. The summed E-state index contributed by atoms with van der Waals surface area (Å²) >= 11 is 0. The lowest BCUT2D eigenvalue weighted by Gasteiger charge is -2.32. The van der Waals surface area contributed by atoms with Gasteiger partial charge in [0.1, 0.15) is 0 Å². The van der Waals surface area contributed by atoms with Crippen molar-refractivity contribution in [3.8, 4) is 0 Å². The predicted octanol–water partition coefficient (Wildman–Crippen LogP) is 1.02. The van der Waals surface area contributed by atoms with Crippen molar-refractivity contribution in [3.63, 3.8) is 0 Å². The highest BCUT2D eigenvalue weighted by Gasteiger charge is 2.52. The molecule has 2 fully saturated rings. The molecule has 0 spiro atoms. The highest BCUT2D eigenvalue weighted by atomic mass is 32.2. The van der Waals surface area contributed by atoms with E-state index in [1.54, 1.807) is 12.1 Å². The van der Waals surface area contributed by atoms with Gasteiger partial charge in [-0.15, -0.1) is 0 Å². The van der Waals surface area contributed by atoms with Gasteiger partial charge in [-0.25, -0.2) is 8.42 Å². The Balaban J connectivity index is 1.95. The van der Waals surface area contributed by atoms with Crippen LogP contribution in [-0.4, -0.2) is 50.2 Å². The third-order valence-electron chi connectivity index (χ3n) is 5.42. The van der Waals surface area contributed by atoms with Crippen LogP contribution in [0.2, 0.25) is 0 Å². The van der Waals surface area contributed by atoms with Crippen LogP contribution in [0.5, 0.6) is 0 Å². The Bertz CT molecular complexity index is 763. The van der Waals surface area contributed by atoms with E-state index in [2.05, 4.69) is 0 Å². The fourth-order valence-corrected chi connectivity index (χ4v) is 4.81. The molecule has 138 valence electrons. The molecule has 3 rings (SSSR count). The molecule has 2 aliphatic rings. The van der Waals surface area contributed by atoms with E-state index in [4.69, 9.17) is 15.0 Å². The highest BCUT2D eigenvalue weighted by Crippen LogP contribution is 2.36. The molecule has 2 saturated heterocycles. The third kappa shape index (κ3) is 3.38. The van der Waals surface area contributed by atoms with Gasteiger partial charge in [0.25, 0.3) is 0 Å². The fourth-order valence-electron chi connectivity index (χ4n) is 3.16. The maximum Gasteiger partial charge on any atom is 0.494 e. The van der Waals surface area contributed by atoms with Crippen molar-refractivity contribution < 1.29 is 17.7 Å². The van der Waals surface area contributed by atoms with Crippen LogP contribution in [0, 0.1) is 6.92 Å². The molecule has 2 aliphatic heterocycles. The number of hydrogen-bond acceptors (Lipinski definition) is 5. The minimum absolute atomic E-state index is 0.0952. The molecule has 1 unspecified atom stereocenters. The number of rotatable bonds is 3. The lowest BCUT2D eigenvalue weighted by atomic mass is 9.78. The molecule has 0 amide bonds. The minimum atomic E-state index is -3.56. The van der Waals surface area contributed by atoms with E-state index >= 15 is 0 Å². The second-order valence-corrected chi connectivity index (χ2v) is 10.0. The van der Waals surface area contributed by atoms with Crippen molar-refractivity contribution in [3.05, 3.63) is 23.8 Å². The molecule has 8 heteroatoms. The molecule has 6 nitrogen and oxygen atoms in total. The van der Waals surface area contributed by atoms with Crippen molar-refractivity contribution in [1.82, 2.24) is 4.31 Å². The van der Waals surface area contributed by atoms with E-state index in [-0.39, 0.29) is 10.9 Å². The largest absolute Gasteiger partial charge is 0.494 e. The van der Waals surface area contributed by atoms with Gasteiger partial charge in [-0.2, -0.15) is 4.31 Å². The van der Waals surface area contributed by atoms with Crippen molar-refractivity contribution in [1.29, 1.82) is 0 Å². The zero-order valence-corrected chi connectivity index (χ0v) is 16.4. The first-order chi connectivity index (χ1) is 11.4. The number of aryl methyl sites for hydroxylation is 1. The first kappa shape index (κ1) is 18.9. The number of hydrogen-bond donors (Lipinski definition) is 1. The van der Waals surface area contributed by atoms with Gasteiger partial charge in [0.05, 0.1) is 16.1 Å². The minimum Gasteiger partial charge on any atom is -0.399 e. The summed E-state index contributed by atoms with van der Waals surface area (Å²) in [6.07, 6.45) is 0.690. The Labute approximate surface area is 150 Å². The number of nitrogens with two attached hydrogens (primary N) is 1. The van der Waals surface area contributed by atoms with E-state index in [9.17, 15) is 8.42 Å². The Morgan fingerprint density at radius 3 is 2.28 bits per heavy atom. The van der Waals surface area contributed by atoms with Crippen LogP contribution in [0.25, 0.3) is 0 Å². The third-order valence-corrected chi connectivity index (χ3v) is 7.27. The summed E-state index contributed by atoms with van der Waals surface area (Å²) in [5.74, 6) is 0. The first-order valence-corrected chi connectivity index (χ1v) is 10.1. The van der Waals surface area contributed by atoms with Gasteiger partial charge in [-0.3, -0.25) is 0 Å². The van der Waals surface area contributed by atoms with Crippen LogP contribution in [0.4, 0.5) is 0 Å². The molecule has 0 saturated carbocycles. The van der Waals surface area contributed by atoms with E-state index in [1.165, 1.54) is 4.31 Å². The van der Waals surface area contributed by atoms with Crippen LogP contribution in [-0.2, 0) is 19.3 Å². The molecular formula is C17H27BN2O4S. The topological polar surface area (TPSA) is 81.9 Å². The molecule has 0 bridgehead atoms. The van der Waals surface area contributed by atoms with Crippen molar-refractivity contribution in [2.24, 2.45) is 5.73 Å². The van der Waals surface area contributed by atoms with Crippen molar-refractivity contribution >= 4 is 22.6 Å². The summed E-state index contributed by atoms with van der Waals surface area (Å²) in [5.41, 5.74) is 6.51. The SMILES string of the molecule is Cc1cc(B2OC(C)(C)C(C)(C)O2)cc(S(=O)(=O)N2CCC(N)C2)c1. The van der Waals surface area contributed by atoms with Gasteiger partial charge in [-0.1, -0.05) is 11.6 Å². The van der Waals surface area contributed by atoms with Crippen LogP contribution < -0.4 is 11.2 Å². The quantitative estimate of drug-likeness (QED) is 0.808. The van der Waals surface area contributed by atoms with Gasteiger partial charge in [0.2, 0.25) is 10.0 Å². The summed E-state index contributed by atoms with van der Waals surface area (Å²) < 4.78 is 39.5. The molecule has 2 heterocycles. The van der Waals surface area contributed by atoms with Gasteiger partial charge < -0.3 is 15.0 Å². The van der Waals surface area contributed by atoms with Crippen LogP contribution in [0.1, 0.15) is 39.7 Å². The molecule has 0 radical (unpaired) electrons. The van der Waals surface area contributed by atoms with Gasteiger partial charge in [-0.05, 0) is 58.6 Å². The van der Waals surface area contributed by atoms with Gasteiger partial charge in [0, 0.05) is 19.1 Å². The Hall–Kier alpha value is -0.925. The second kappa shape index (κ2) is 6.06. The summed E-state index contributed by atoms with van der Waals surface area (Å²) in [4.78, 5) is 0.270. The smallest absolute Gasteiger partial charge is 0.399 e.